The molecule has 0 aliphatic carbocycles. The van der Waals surface area contributed by atoms with E-state index < -0.39 is 11.7 Å². The van der Waals surface area contributed by atoms with Gasteiger partial charge in [0.2, 0.25) is 0 Å². The van der Waals surface area contributed by atoms with Gasteiger partial charge in [-0.2, -0.15) is 0 Å². The number of carbonyl (C=O) groups is 2. The Hall–Kier alpha value is -2.48. The standard InChI is InChI=1S/C16H20N4O3S/c1-10-13(14(21)20-11-7-5-6-8-17-11)24-12(19-10)9-18-15(22)23-16(2,3)4/h5-8H,9H2,1-4H3,(H,18,22)(H,17,20,21). The van der Waals surface area contributed by atoms with Gasteiger partial charge in [0.05, 0.1) is 12.2 Å². The van der Waals surface area contributed by atoms with Crippen molar-refractivity contribution in [2.75, 3.05) is 5.32 Å². The largest absolute Gasteiger partial charge is 0.444 e. The van der Waals surface area contributed by atoms with Crippen LogP contribution in [-0.4, -0.2) is 27.6 Å². The second-order valence-corrected chi connectivity index (χ2v) is 7.13. The third-order valence-electron chi connectivity index (χ3n) is 2.74. The van der Waals surface area contributed by atoms with Crippen molar-refractivity contribution < 1.29 is 14.3 Å². The molecular weight excluding hydrogens is 328 g/mol. The van der Waals surface area contributed by atoms with Crippen molar-refractivity contribution in [2.45, 2.75) is 39.8 Å². The second kappa shape index (κ2) is 7.39. The molecule has 0 fully saturated rings. The first-order valence-electron chi connectivity index (χ1n) is 7.40. The number of carbonyl (C=O) groups excluding carboxylic acids is 2. The summed E-state index contributed by atoms with van der Waals surface area (Å²) in [7, 11) is 0. The predicted octanol–water partition coefficient (Wildman–Crippen LogP) is 3.12. The number of ether oxygens (including phenoxy) is 1. The molecule has 2 heterocycles. The Balaban J connectivity index is 1.97. The maximum atomic E-state index is 12.3. The van der Waals surface area contributed by atoms with Crippen molar-refractivity contribution in [3.63, 3.8) is 0 Å². The highest BCUT2D eigenvalue weighted by Gasteiger charge is 2.18. The minimum absolute atomic E-state index is 0.206. The van der Waals surface area contributed by atoms with Gasteiger partial charge < -0.3 is 15.4 Å². The third-order valence-corrected chi connectivity index (χ3v) is 3.89. The number of alkyl carbamates (subject to hydrolysis) is 1. The van der Waals surface area contributed by atoms with Crippen molar-refractivity contribution in [1.29, 1.82) is 0 Å². The summed E-state index contributed by atoms with van der Waals surface area (Å²) in [6.07, 6.45) is 1.08. The molecule has 0 saturated heterocycles. The molecule has 0 saturated carbocycles. The molecule has 24 heavy (non-hydrogen) atoms. The number of nitrogens with one attached hydrogen (secondary N) is 2. The van der Waals surface area contributed by atoms with Crippen molar-refractivity contribution in [3.05, 3.63) is 40.0 Å². The van der Waals surface area contributed by atoms with E-state index in [1.807, 2.05) is 0 Å². The molecule has 2 aromatic heterocycles. The van der Waals surface area contributed by atoms with E-state index in [0.29, 0.717) is 21.4 Å². The summed E-state index contributed by atoms with van der Waals surface area (Å²) >= 11 is 1.23. The lowest BCUT2D eigenvalue weighted by molar-refractivity contribution is 0.0523. The molecule has 2 amide bonds. The Morgan fingerprint density at radius 2 is 2.04 bits per heavy atom. The average Bonchev–Trinajstić information content (AvgIpc) is 2.86. The highest BCUT2D eigenvalue weighted by Crippen LogP contribution is 2.19. The lowest BCUT2D eigenvalue weighted by Crippen LogP contribution is -2.32. The number of rotatable bonds is 4. The van der Waals surface area contributed by atoms with Crippen molar-refractivity contribution in [1.82, 2.24) is 15.3 Å². The Bertz CT molecular complexity index is 723. The maximum Gasteiger partial charge on any atom is 0.408 e. The van der Waals surface area contributed by atoms with Crippen LogP contribution in [-0.2, 0) is 11.3 Å². The van der Waals surface area contributed by atoms with Crippen LogP contribution in [0.1, 0.15) is 41.1 Å². The molecule has 0 aliphatic rings. The van der Waals surface area contributed by atoms with E-state index in [1.165, 1.54) is 11.3 Å². The number of hydrogen-bond donors (Lipinski definition) is 2. The van der Waals surface area contributed by atoms with Gasteiger partial charge in [0.1, 0.15) is 21.3 Å². The van der Waals surface area contributed by atoms with Crippen LogP contribution in [0.5, 0.6) is 0 Å². The van der Waals surface area contributed by atoms with Gasteiger partial charge in [-0.25, -0.2) is 14.8 Å². The van der Waals surface area contributed by atoms with Crippen LogP contribution < -0.4 is 10.6 Å². The minimum Gasteiger partial charge on any atom is -0.444 e. The van der Waals surface area contributed by atoms with Gasteiger partial charge in [-0.05, 0) is 39.8 Å². The van der Waals surface area contributed by atoms with Crippen LogP contribution in [0.2, 0.25) is 0 Å². The van der Waals surface area contributed by atoms with Crippen LogP contribution in [0, 0.1) is 6.92 Å². The molecule has 0 atom stereocenters. The molecule has 0 aromatic carbocycles. The lowest BCUT2D eigenvalue weighted by atomic mass is 10.2. The Morgan fingerprint density at radius 3 is 2.67 bits per heavy atom. The summed E-state index contributed by atoms with van der Waals surface area (Å²) in [5.41, 5.74) is 0.0470. The number of aryl methyl sites for hydroxylation is 1. The molecule has 0 aliphatic heterocycles. The molecule has 2 rings (SSSR count). The molecule has 0 spiro atoms. The van der Waals surface area contributed by atoms with Gasteiger partial charge in [-0.1, -0.05) is 6.07 Å². The van der Waals surface area contributed by atoms with Gasteiger partial charge in [-0.15, -0.1) is 11.3 Å². The fourth-order valence-electron chi connectivity index (χ4n) is 1.81. The molecule has 128 valence electrons. The van der Waals surface area contributed by atoms with E-state index in [-0.39, 0.29) is 12.5 Å². The first-order chi connectivity index (χ1) is 11.2. The van der Waals surface area contributed by atoms with Gasteiger partial charge in [0.15, 0.2) is 0 Å². The zero-order chi connectivity index (χ0) is 17.7. The second-order valence-electron chi connectivity index (χ2n) is 6.05. The first kappa shape index (κ1) is 17.9. The SMILES string of the molecule is Cc1nc(CNC(=O)OC(C)(C)C)sc1C(=O)Nc1ccccn1. The Kier molecular flexibility index (Phi) is 5.50. The van der Waals surface area contributed by atoms with Crippen molar-refractivity contribution in [2.24, 2.45) is 0 Å². The van der Waals surface area contributed by atoms with E-state index in [2.05, 4.69) is 20.6 Å². The summed E-state index contributed by atoms with van der Waals surface area (Å²) in [6, 6.07) is 5.27. The number of aromatic nitrogens is 2. The third kappa shape index (κ3) is 5.31. The summed E-state index contributed by atoms with van der Waals surface area (Å²) in [6.45, 7) is 7.33. The summed E-state index contributed by atoms with van der Waals surface area (Å²) in [4.78, 5) is 32.8. The highest BCUT2D eigenvalue weighted by atomic mass is 32.1. The van der Waals surface area contributed by atoms with Gasteiger partial charge in [0, 0.05) is 6.20 Å². The monoisotopic (exact) mass is 348 g/mol. The molecule has 8 heteroatoms. The van der Waals surface area contributed by atoms with E-state index in [4.69, 9.17) is 4.74 Å². The number of nitrogens with zero attached hydrogens (tertiary/aromatic N) is 2. The fourth-order valence-corrected chi connectivity index (χ4v) is 2.71. The van der Waals surface area contributed by atoms with E-state index >= 15 is 0 Å². The number of amides is 2. The minimum atomic E-state index is -0.559. The molecule has 0 radical (unpaired) electrons. The van der Waals surface area contributed by atoms with E-state index in [1.54, 1.807) is 52.1 Å². The maximum absolute atomic E-state index is 12.3. The predicted molar refractivity (Wildman–Crippen MR) is 92.1 cm³/mol. The van der Waals surface area contributed by atoms with Crippen LogP contribution in [0.15, 0.2) is 24.4 Å². The van der Waals surface area contributed by atoms with Gasteiger partial charge >= 0.3 is 6.09 Å². The van der Waals surface area contributed by atoms with Crippen LogP contribution in [0.3, 0.4) is 0 Å². The summed E-state index contributed by atoms with van der Waals surface area (Å²) in [5, 5.41) is 5.97. The van der Waals surface area contributed by atoms with Crippen LogP contribution in [0.4, 0.5) is 10.6 Å². The number of anilines is 1. The molecule has 7 nitrogen and oxygen atoms in total. The van der Waals surface area contributed by atoms with E-state index in [9.17, 15) is 9.59 Å². The van der Waals surface area contributed by atoms with Gasteiger partial charge in [0.25, 0.3) is 5.91 Å². The van der Waals surface area contributed by atoms with Crippen LogP contribution in [0.25, 0.3) is 0 Å². The lowest BCUT2D eigenvalue weighted by Gasteiger charge is -2.19. The molecule has 2 N–H and O–H groups in total. The van der Waals surface area contributed by atoms with Crippen molar-refractivity contribution in [3.8, 4) is 0 Å². The van der Waals surface area contributed by atoms with Crippen LogP contribution >= 0.6 is 11.3 Å². The molecule has 0 unspecified atom stereocenters. The Morgan fingerprint density at radius 1 is 1.29 bits per heavy atom. The zero-order valence-electron chi connectivity index (χ0n) is 14.0. The van der Waals surface area contributed by atoms with E-state index in [0.717, 1.165) is 0 Å². The normalized spacial score (nSPS) is 11.0. The summed E-state index contributed by atoms with van der Waals surface area (Å²) < 4.78 is 5.16. The topological polar surface area (TPSA) is 93.2 Å². The number of thiazole rings is 1. The fraction of sp³-hybridized carbons (Fsp3) is 0.375. The summed E-state index contributed by atoms with van der Waals surface area (Å²) in [5.74, 6) is 0.205. The number of pyridine rings is 1. The van der Waals surface area contributed by atoms with Gasteiger partial charge in [-0.3, -0.25) is 4.79 Å². The number of hydrogen-bond acceptors (Lipinski definition) is 6. The first-order valence-corrected chi connectivity index (χ1v) is 8.22. The average molecular weight is 348 g/mol. The highest BCUT2D eigenvalue weighted by molar-refractivity contribution is 7.13. The molecule has 2 aromatic rings. The Labute approximate surface area is 144 Å². The van der Waals surface area contributed by atoms with Crippen molar-refractivity contribution >= 4 is 29.2 Å². The zero-order valence-corrected chi connectivity index (χ0v) is 14.9. The smallest absolute Gasteiger partial charge is 0.408 e. The molecule has 0 bridgehead atoms. The quantitative estimate of drug-likeness (QED) is 0.885. The molecular formula is C16H20N4O3S.